The molecule has 3 rings (SSSR count). The number of carbonyl (C=O) groups excluding carboxylic acids is 4. The molecule has 0 atom stereocenters. The monoisotopic (exact) mass is 556 g/mol. The fourth-order valence-electron chi connectivity index (χ4n) is 2.63. The number of anilines is 1. The van der Waals surface area contributed by atoms with Crippen LogP contribution in [0.5, 0.6) is 5.75 Å². The molecule has 8 nitrogen and oxygen atoms in total. The lowest BCUT2D eigenvalue weighted by atomic mass is 10.2. The number of nitrogens with zero attached hydrogens (tertiary/aromatic N) is 1. The highest BCUT2D eigenvalue weighted by atomic mass is 79.9. The second kappa shape index (κ2) is 10.8. The first kappa shape index (κ1) is 24.7. The molecule has 1 heterocycles. The summed E-state index contributed by atoms with van der Waals surface area (Å²) < 4.78 is 23.6. The van der Waals surface area contributed by atoms with E-state index in [0.29, 0.717) is 27.5 Å². The Kier molecular flexibility index (Phi) is 8.11. The molecule has 0 radical (unpaired) electrons. The highest BCUT2D eigenvalue weighted by Crippen LogP contribution is 2.34. The number of hydrogen-bond donors (Lipinski definition) is 1. The molecule has 0 spiro atoms. The van der Waals surface area contributed by atoms with Crippen LogP contribution in [0, 0.1) is 5.82 Å². The van der Waals surface area contributed by atoms with E-state index in [1.807, 2.05) is 0 Å². The van der Waals surface area contributed by atoms with Crippen molar-refractivity contribution in [3.05, 3.63) is 62.2 Å². The van der Waals surface area contributed by atoms with Gasteiger partial charge in [-0.1, -0.05) is 17.7 Å². The predicted octanol–water partition coefficient (Wildman–Crippen LogP) is 4.47. The molecule has 0 bridgehead atoms. The van der Waals surface area contributed by atoms with Gasteiger partial charge in [-0.15, -0.1) is 0 Å². The molecule has 0 aromatic heterocycles. The molecule has 33 heavy (non-hydrogen) atoms. The number of thioether (sulfide) groups is 1. The first-order valence-electron chi connectivity index (χ1n) is 9.17. The summed E-state index contributed by atoms with van der Waals surface area (Å²) in [5, 5.41) is 1.69. The molecule has 0 aliphatic carbocycles. The third kappa shape index (κ3) is 6.34. The van der Waals surface area contributed by atoms with E-state index in [9.17, 15) is 23.6 Å². The number of esters is 1. The molecule has 0 unspecified atom stereocenters. The van der Waals surface area contributed by atoms with Crippen molar-refractivity contribution >= 4 is 74.1 Å². The Morgan fingerprint density at radius 3 is 2.67 bits per heavy atom. The summed E-state index contributed by atoms with van der Waals surface area (Å²) >= 11 is 9.70. The van der Waals surface area contributed by atoms with Crippen molar-refractivity contribution in [1.29, 1.82) is 0 Å². The zero-order valence-electron chi connectivity index (χ0n) is 16.9. The number of rotatable bonds is 7. The third-order valence-electron chi connectivity index (χ3n) is 4.21. The summed E-state index contributed by atoms with van der Waals surface area (Å²) in [4.78, 5) is 49.3. The van der Waals surface area contributed by atoms with E-state index in [2.05, 4.69) is 26.0 Å². The van der Waals surface area contributed by atoms with Crippen LogP contribution in [-0.4, -0.2) is 48.2 Å². The van der Waals surface area contributed by atoms with Crippen molar-refractivity contribution in [2.45, 2.75) is 0 Å². The Labute approximate surface area is 205 Å². The molecule has 1 N–H and O–H groups in total. The first-order chi connectivity index (χ1) is 15.7. The van der Waals surface area contributed by atoms with E-state index >= 15 is 0 Å². The number of ether oxygens (including phenoxy) is 2. The molecule has 1 aliphatic heterocycles. The van der Waals surface area contributed by atoms with Crippen LogP contribution < -0.4 is 10.1 Å². The summed E-state index contributed by atoms with van der Waals surface area (Å²) in [5.41, 5.74) is 0.816. The quantitative estimate of drug-likeness (QED) is 0.396. The highest BCUT2D eigenvalue weighted by molar-refractivity contribution is 9.10. The van der Waals surface area contributed by atoms with Gasteiger partial charge in [0.15, 0.2) is 6.61 Å². The van der Waals surface area contributed by atoms with Crippen molar-refractivity contribution in [1.82, 2.24) is 4.90 Å². The van der Waals surface area contributed by atoms with E-state index in [-0.39, 0.29) is 22.2 Å². The van der Waals surface area contributed by atoms with Gasteiger partial charge in [0, 0.05) is 5.69 Å². The van der Waals surface area contributed by atoms with Gasteiger partial charge in [-0.05, 0) is 69.7 Å². The van der Waals surface area contributed by atoms with Gasteiger partial charge in [-0.25, -0.2) is 9.18 Å². The number of methoxy groups -OCH3 is 1. The minimum absolute atomic E-state index is 0.132. The van der Waals surface area contributed by atoms with E-state index in [4.69, 9.17) is 16.3 Å². The maximum absolute atomic E-state index is 13.2. The molecule has 2 aromatic rings. The maximum atomic E-state index is 13.2. The summed E-state index contributed by atoms with van der Waals surface area (Å²) in [6.45, 7) is -0.777. The van der Waals surface area contributed by atoms with Crippen molar-refractivity contribution in [3.8, 4) is 5.75 Å². The maximum Gasteiger partial charge on any atom is 0.343 e. The number of halogens is 3. The van der Waals surface area contributed by atoms with Crippen molar-refractivity contribution in [2.75, 3.05) is 25.6 Å². The fourth-order valence-corrected chi connectivity index (χ4v) is 4.16. The minimum Gasteiger partial charge on any atom is -0.481 e. The molecule has 3 amide bonds. The van der Waals surface area contributed by atoms with E-state index in [1.165, 1.54) is 25.3 Å². The standard InChI is InChI=1S/C21H15BrClFN2O6S/c1-31-19(28)10-32-16-5-2-11(6-13(16)22)7-17-20(29)26(21(30)33-17)9-18(27)25-12-3-4-15(24)14(23)8-12/h2-8H,9-10H2,1H3,(H,25,27)/b17-7+. The van der Waals surface area contributed by atoms with E-state index in [0.717, 1.165) is 11.0 Å². The first-order valence-corrected chi connectivity index (χ1v) is 11.2. The Morgan fingerprint density at radius 2 is 2.00 bits per heavy atom. The van der Waals surface area contributed by atoms with Gasteiger partial charge in [0.05, 0.1) is 21.5 Å². The molecular weight excluding hydrogens is 543 g/mol. The van der Waals surface area contributed by atoms with Crippen molar-refractivity contribution in [2.24, 2.45) is 0 Å². The third-order valence-corrected chi connectivity index (χ3v) is 6.02. The van der Waals surface area contributed by atoms with Gasteiger partial charge in [0.1, 0.15) is 18.1 Å². The Balaban J connectivity index is 1.66. The van der Waals surface area contributed by atoms with Crippen LogP contribution in [-0.2, 0) is 19.1 Å². The van der Waals surface area contributed by atoms with Crippen molar-refractivity contribution < 1.29 is 33.0 Å². The zero-order valence-corrected chi connectivity index (χ0v) is 20.1. The van der Waals surface area contributed by atoms with E-state index < -0.39 is 35.4 Å². The van der Waals surface area contributed by atoms with Crippen LogP contribution in [0.25, 0.3) is 6.08 Å². The summed E-state index contributed by atoms with van der Waals surface area (Å²) in [6.07, 6.45) is 1.50. The minimum atomic E-state index is -0.643. The molecule has 12 heteroatoms. The van der Waals surface area contributed by atoms with Gasteiger partial charge in [0.2, 0.25) is 5.91 Å². The van der Waals surface area contributed by atoms with Crippen LogP contribution in [0.3, 0.4) is 0 Å². The molecular formula is C21H15BrClFN2O6S. The average Bonchev–Trinajstić information content (AvgIpc) is 3.02. The Hall–Kier alpha value is -2.89. The molecule has 2 aromatic carbocycles. The molecule has 1 fully saturated rings. The van der Waals surface area contributed by atoms with Gasteiger partial charge in [0.25, 0.3) is 11.1 Å². The molecule has 172 valence electrons. The largest absolute Gasteiger partial charge is 0.481 e. The van der Waals surface area contributed by atoms with Crippen LogP contribution in [0.1, 0.15) is 5.56 Å². The molecule has 0 saturated carbocycles. The Bertz CT molecular complexity index is 1180. The highest BCUT2D eigenvalue weighted by Gasteiger charge is 2.36. The number of carbonyl (C=O) groups is 4. The lowest BCUT2D eigenvalue weighted by Crippen LogP contribution is -2.36. The van der Waals surface area contributed by atoms with Crippen LogP contribution >= 0.6 is 39.3 Å². The fraction of sp³-hybridized carbons (Fsp3) is 0.143. The average molecular weight is 558 g/mol. The number of amides is 3. The zero-order chi connectivity index (χ0) is 24.1. The van der Waals surface area contributed by atoms with Gasteiger partial charge in [-0.2, -0.15) is 0 Å². The smallest absolute Gasteiger partial charge is 0.343 e. The van der Waals surface area contributed by atoms with Crippen molar-refractivity contribution in [3.63, 3.8) is 0 Å². The van der Waals surface area contributed by atoms with Crippen LogP contribution in [0.4, 0.5) is 14.9 Å². The molecule has 1 saturated heterocycles. The van der Waals surface area contributed by atoms with Gasteiger partial charge in [-0.3, -0.25) is 19.3 Å². The number of hydrogen-bond acceptors (Lipinski definition) is 7. The molecule has 1 aliphatic rings. The lowest BCUT2D eigenvalue weighted by Gasteiger charge is -2.12. The van der Waals surface area contributed by atoms with E-state index in [1.54, 1.807) is 18.2 Å². The number of imide groups is 1. The number of benzene rings is 2. The second-order valence-electron chi connectivity index (χ2n) is 6.50. The normalized spacial score (nSPS) is 14.5. The van der Waals surface area contributed by atoms with Gasteiger partial charge >= 0.3 is 5.97 Å². The second-order valence-corrected chi connectivity index (χ2v) is 8.75. The topological polar surface area (TPSA) is 102 Å². The van der Waals surface area contributed by atoms with Gasteiger partial charge < -0.3 is 14.8 Å². The Morgan fingerprint density at radius 1 is 1.24 bits per heavy atom. The SMILES string of the molecule is COC(=O)COc1ccc(/C=C2/SC(=O)N(CC(=O)Nc3ccc(F)c(Cl)c3)C2=O)cc1Br. The summed E-state index contributed by atoms with van der Waals surface area (Å²) in [6, 6.07) is 8.49. The lowest BCUT2D eigenvalue weighted by molar-refractivity contribution is -0.143. The predicted molar refractivity (Wildman–Crippen MR) is 124 cm³/mol. The number of nitrogens with one attached hydrogen (secondary N) is 1. The van der Waals surface area contributed by atoms with Crippen LogP contribution in [0.2, 0.25) is 5.02 Å². The summed E-state index contributed by atoms with van der Waals surface area (Å²) in [7, 11) is 1.25. The van der Waals surface area contributed by atoms with Crippen LogP contribution in [0.15, 0.2) is 45.8 Å². The summed E-state index contributed by atoms with van der Waals surface area (Å²) in [5.74, 6) is -2.05.